The summed E-state index contributed by atoms with van der Waals surface area (Å²) in [5.74, 6) is -0.225. The van der Waals surface area contributed by atoms with E-state index >= 15 is 0 Å². The highest BCUT2D eigenvalue weighted by molar-refractivity contribution is 5.72. The third-order valence-electron chi connectivity index (χ3n) is 2.51. The van der Waals surface area contributed by atoms with E-state index in [9.17, 15) is 15.0 Å². The van der Waals surface area contributed by atoms with Crippen LogP contribution >= 0.6 is 0 Å². The van der Waals surface area contributed by atoms with Gasteiger partial charge in [0, 0.05) is 13.5 Å². The summed E-state index contributed by atoms with van der Waals surface area (Å²) in [6.45, 7) is 5.28. The number of amides is 1. The highest BCUT2D eigenvalue weighted by Crippen LogP contribution is 2.19. The van der Waals surface area contributed by atoms with Crippen LogP contribution in [-0.2, 0) is 4.79 Å². The predicted octanol–water partition coefficient (Wildman–Crippen LogP) is 0.834. The summed E-state index contributed by atoms with van der Waals surface area (Å²) in [6.07, 6.45) is -1.99. The Morgan fingerprint density at radius 3 is 2.24 bits per heavy atom. The van der Waals surface area contributed by atoms with Crippen LogP contribution in [0, 0.1) is 13.8 Å². The maximum atomic E-state index is 10.7. The second kappa shape index (κ2) is 5.80. The van der Waals surface area contributed by atoms with Gasteiger partial charge in [-0.25, -0.2) is 0 Å². The first kappa shape index (κ1) is 13.7. The summed E-state index contributed by atoms with van der Waals surface area (Å²) in [5, 5.41) is 22.2. The zero-order chi connectivity index (χ0) is 13.0. The number of benzene rings is 1. The van der Waals surface area contributed by atoms with Crippen molar-refractivity contribution in [1.29, 1.82) is 0 Å². The van der Waals surface area contributed by atoms with E-state index in [-0.39, 0.29) is 12.5 Å². The third kappa shape index (κ3) is 4.17. The van der Waals surface area contributed by atoms with E-state index in [0.717, 1.165) is 11.1 Å². The Hall–Kier alpha value is -1.39. The van der Waals surface area contributed by atoms with Crippen LogP contribution in [0.1, 0.15) is 29.7 Å². The molecule has 0 aliphatic heterocycles. The summed E-state index contributed by atoms with van der Waals surface area (Å²) in [5.41, 5.74) is 2.73. The van der Waals surface area contributed by atoms with Crippen LogP contribution in [0.4, 0.5) is 0 Å². The summed E-state index contributed by atoms with van der Waals surface area (Å²) < 4.78 is 0. The molecule has 2 unspecified atom stereocenters. The van der Waals surface area contributed by atoms with Gasteiger partial charge in [-0.15, -0.1) is 0 Å². The second-order valence-electron chi connectivity index (χ2n) is 4.37. The summed E-state index contributed by atoms with van der Waals surface area (Å²) in [7, 11) is 0. The van der Waals surface area contributed by atoms with Gasteiger partial charge in [-0.1, -0.05) is 29.3 Å². The molecular formula is C13H19NO3. The zero-order valence-electron chi connectivity index (χ0n) is 10.4. The predicted molar refractivity (Wildman–Crippen MR) is 65.6 cm³/mol. The van der Waals surface area contributed by atoms with E-state index < -0.39 is 12.2 Å². The van der Waals surface area contributed by atoms with E-state index in [2.05, 4.69) is 5.32 Å². The molecule has 0 fully saturated rings. The van der Waals surface area contributed by atoms with Gasteiger partial charge < -0.3 is 15.5 Å². The number of carbonyl (C=O) groups is 1. The molecule has 0 heterocycles. The Bertz CT molecular complexity index is 383. The molecule has 0 aromatic heterocycles. The average molecular weight is 237 g/mol. The van der Waals surface area contributed by atoms with Crippen molar-refractivity contribution in [2.75, 3.05) is 6.54 Å². The van der Waals surface area contributed by atoms with E-state index in [1.807, 2.05) is 32.0 Å². The molecule has 1 amide bonds. The minimum absolute atomic E-state index is 0.0451. The molecule has 0 aliphatic rings. The lowest BCUT2D eigenvalue weighted by molar-refractivity contribution is -0.119. The molecule has 0 saturated heterocycles. The molecule has 4 heteroatoms. The van der Waals surface area contributed by atoms with Crippen molar-refractivity contribution in [1.82, 2.24) is 5.32 Å². The SMILES string of the molecule is CC(=O)NCC(O)C(O)c1cc(C)cc(C)c1. The topological polar surface area (TPSA) is 69.6 Å². The number of aliphatic hydroxyl groups excluding tert-OH is 2. The van der Waals surface area contributed by atoms with Crippen LogP contribution < -0.4 is 5.32 Å². The Kier molecular flexibility index (Phi) is 4.66. The van der Waals surface area contributed by atoms with Gasteiger partial charge in [0.25, 0.3) is 0 Å². The minimum atomic E-state index is -1.000. The highest BCUT2D eigenvalue weighted by atomic mass is 16.3. The Morgan fingerprint density at radius 1 is 1.24 bits per heavy atom. The number of carbonyl (C=O) groups excluding carboxylic acids is 1. The van der Waals surface area contributed by atoms with Gasteiger partial charge in [-0.05, 0) is 19.4 Å². The number of aryl methyl sites for hydroxylation is 2. The quantitative estimate of drug-likeness (QED) is 0.726. The van der Waals surface area contributed by atoms with Gasteiger partial charge in [0.2, 0.25) is 5.91 Å². The number of rotatable bonds is 4. The Morgan fingerprint density at radius 2 is 1.76 bits per heavy atom. The smallest absolute Gasteiger partial charge is 0.216 e. The fourth-order valence-electron chi connectivity index (χ4n) is 1.76. The number of aliphatic hydroxyl groups is 2. The molecule has 3 N–H and O–H groups in total. The van der Waals surface area contributed by atoms with Gasteiger partial charge >= 0.3 is 0 Å². The molecule has 1 rings (SSSR count). The normalized spacial score (nSPS) is 14.2. The monoisotopic (exact) mass is 237 g/mol. The van der Waals surface area contributed by atoms with Crippen LogP contribution in [0.2, 0.25) is 0 Å². The van der Waals surface area contributed by atoms with E-state index in [0.29, 0.717) is 5.56 Å². The van der Waals surface area contributed by atoms with Crippen molar-refractivity contribution < 1.29 is 15.0 Å². The third-order valence-corrected chi connectivity index (χ3v) is 2.51. The molecule has 0 radical (unpaired) electrons. The molecule has 2 atom stereocenters. The molecular weight excluding hydrogens is 218 g/mol. The average Bonchev–Trinajstić information content (AvgIpc) is 2.23. The van der Waals surface area contributed by atoms with Crippen molar-refractivity contribution in [2.45, 2.75) is 33.0 Å². The lowest BCUT2D eigenvalue weighted by atomic mass is 10.00. The van der Waals surface area contributed by atoms with E-state index in [4.69, 9.17) is 0 Å². The molecule has 17 heavy (non-hydrogen) atoms. The highest BCUT2D eigenvalue weighted by Gasteiger charge is 2.18. The van der Waals surface area contributed by atoms with Crippen molar-refractivity contribution >= 4 is 5.91 Å². The number of hydrogen-bond acceptors (Lipinski definition) is 3. The van der Waals surface area contributed by atoms with Crippen LogP contribution in [0.5, 0.6) is 0 Å². The molecule has 0 saturated carbocycles. The van der Waals surface area contributed by atoms with Gasteiger partial charge in [0.15, 0.2) is 0 Å². The molecule has 0 spiro atoms. The Labute approximate surface area is 101 Å². The maximum absolute atomic E-state index is 10.7. The van der Waals surface area contributed by atoms with Crippen LogP contribution in [0.3, 0.4) is 0 Å². The lowest BCUT2D eigenvalue weighted by Gasteiger charge is -2.19. The Balaban J connectivity index is 2.73. The first-order valence-corrected chi connectivity index (χ1v) is 5.59. The standard InChI is InChI=1S/C13H19NO3/c1-8-4-9(2)6-11(5-8)13(17)12(16)7-14-10(3)15/h4-6,12-13,16-17H,7H2,1-3H3,(H,14,15). The largest absolute Gasteiger partial charge is 0.388 e. The maximum Gasteiger partial charge on any atom is 0.216 e. The number of nitrogens with one attached hydrogen (secondary N) is 1. The van der Waals surface area contributed by atoms with Crippen molar-refractivity contribution in [3.05, 3.63) is 34.9 Å². The van der Waals surface area contributed by atoms with E-state index in [1.54, 1.807) is 0 Å². The summed E-state index contributed by atoms with van der Waals surface area (Å²) in [4.78, 5) is 10.7. The molecule has 94 valence electrons. The van der Waals surface area contributed by atoms with Crippen LogP contribution in [-0.4, -0.2) is 28.8 Å². The zero-order valence-corrected chi connectivity index (χ0v) is 10.4. The van der Waals surface area contributed by atoms with Gasteiger partial charge in [0.1, 0.15) is 12.2 Å². The van der Waals surface area contributed by atoms with Crippen molar-refractivity contribution in [3.8, 4) is 0 Å². The fourth-order valence-corrected chi connectivity index (χ4v) is 1.76. The fraction of sp³-hybridized carbons (Fsp3) is 0.462. The van der Waals surface area contributed by atoms with Gasteiger partial charge in [-0.2, -0.15) is 0 Å². The molecule has 0 aliphatic carbocycles. The lowest BCUT2D eigenvalue weighted by Crippen LogP contribution is -2.34. The van der Waals surface area contributed by atoms with Gasteiger partial charge in [-0.3, -0.25) is 4.79 Å². The van der Waals surface area contributed by atoms with Crippen LogP contribution in [0.25, 0.3) is 0 Å². The van der Waals surface area contributed by atoms with Crippen LogP contribution in [0.15, 0.2) is 18.2 Å². The number of hydrogen-bond donors (Lipinski definition) is 3. The second-order valence-corrected chi connectivity index (χ2v) is 4.37. The molecule has 1 aromatic rings. The summed E-state index contributed by atoms with van der Waals surface area (Å²) >= 11 is 0. The first-order chi connectivity index (χ1) is 7.90. The van der Waals surface area contributed by atoms with Crippen molar-refractivity contribution in [3.63, 3.8) is 0 Å². The first-order valence-electron chi connectivity index (χ1n) is 5.59. The van der Waals surface area contributed by atoms with E-state index in [1.165, 1.54) is 6.92 Å². The molecule has 0 bridgehead atoms. The minimum Gasteiger partial charge on any atom is -0.388 e. The van der Waals surface area contributed by atoms with Crippen molar-refractivity contribution in [2.24, 2.45) is 0 Å². The molecule has 1 aromatic carbocycles. The summed E-state index contributed by atoms with van der Waals surface area (Å²) in [6, 6.07) is 5.65. The van der Waals surface area contributed by atoms with Gasteiger partial charge in [0.05, 0.1) is 0 Å². The molecule has 4 nitrogen and oxygen atoms in total.